The first-order chi connectivity index (χ1) is 6.38. The Morgan fingerprint density at radius 3 is 3.00 bits per heavy atom. The summed E-state index contributed by atoms with van der Waals surface area (Å²) in [6.07, 6.45) is 1.85. The molecule has 2 nitrogen and oxygen atoms in total. The molecule has 0 radical (unpaired) electrons. The maximum Gasteiger partial charge on any atom is 0.142 e. The molecule has 1 aromatic rings. The third-order valence-corrected chi connectivity index (χ3v) is 2.26. The van der Waals surface area contributed by atoms with Crippen molar-refractivity contribution in [3.05, 3.63) is 36.9 Å². The topological polar surface area (TPSA) is 21.3 Å². The van der Waals surface area contributed by atoms with Crippen molar-refractivity contribution in [3.8, 4) is 5.75 Å². The van der Waals surface area contributed by atoms with Crippen LogP contribution >= 0.6 is 11.9 Å². The van der Waals surface area contributed by atoms with Crippen LogP contribution in [0.15, 0.2) is 36.9 Å². The Kier molecular flexibility index (Phi) is 4.26. The Morgan fingerprint density at radius 1 is 1.54 bits per heavy atom. The van der Waals surface area contributed by atoms with Crippen LogP contribution in [0.2, 0.25) is 0 Å². The molecular formula is C10H13NOS. The standard InChI is InChI=1S/C10H13NOS/c1-3-8-13-11-9-6-4-5-7-10(9)12-2/h3-7,11H,1,8H2,2H3. The summed E-state index contributed by atoms with van der Waals surface area (Å²) in [6, 6.07) is 7.83. The Balaban J connectivity index is 2.58. The number of hydrogen-bond donors (Lipinski definition) is 1. The SMILES string of the molecule is C=CCSNc1ccccc1OC. The molecule has 0 bridgehead atoms. The van der Waals surface area contributed by atoms with Crippen LogP contribution in [0, 0.1) is 0 Å². The summed E-state index contributed by atoms with van der Waals surface area (Å²) in [6.45, 7) is 3.64. The summed E-state index contributed by atoms with van der Waals surface area (Å²) >= 11 is 1.59. The largest absolute Gasteiger partial charge is 0.495 e. The highest BCUT2D eigenvalue weighted by molar-refractivity contribution is 8.00. The molecule has 0 saturated heterocycles. The van der Waals surface area contributed by atoms with Gasteiger partial charge in [-0.05, 0) is 24.1 Å². The molecule has 0 fully saturated rings. The van der Waals surface area contributed by atoms with E-state index >= 15 is 0 Å². The van der Waals surface area contributed by atoms with E-state index in [1.165, 1.54) is 0 Å². The van der Waals surface area contributed by atoms with Crippen LogP contribution in [0.5, 0.6) is 5.75 Å². The summed E-state index contributed by atoms with van der Waals surface area (Å²) in [5.74, 6) is 1.73. The highest BCUT2D eigenvalue weighted by Gasteiger charge is 1.98. The zero-order chi connectivity index (χ0) is 9.52. The van der Waals surface area contributed by atoms with Gasteiger partial charge in [0, 0.05) is 5.75 Å². The smallest absolute Gasteiger partial charge is 0.142 e. The van der Waals surface area contributed by atoms with E-state index in [1.54, 1.807) is 19.1 Å². The van der Waals surface area contributed by atoms with Crippen molar-refractivity contribution in [1.29, 1.82) is 0 Å². The average Bonchev–Trinajstić information content (AvgIpc) is 2.19. The molecule has 70 valence electrons. The fourth-order valence-corrected chi connectivity index (χ4v) is 1.43. The van der Waals surface area contributed by atoms with E-state index in [-0.39, 0.29) is 0 Å². The zero-order valence-electron chi connectivity index (χ0n) is 7.62. The first-order valence-electron chi connectivity index (χ1n) is 4.00. The van der Waals surface area contributed by atoms with Gasteiger partial charge in [-0.1, -0.05) is 18.2 Å². The lowest BCUT2D eigenvalue weighted by Gasteiger charge is -2.08. The van der Waals surface area contributed by atoms with Gasteiger partial charge in [0.25, 0.3) is 0 Å². The number of anilines is 1. The van der Waals surface area contributed by atoms with Crippen molar-refractivity contribution in [1.82, 2.24) is 0 Å². The molecule has 0 aliphatic heterocycles. The van der Waals surface area contributed by atoms with Crippen molar-refractivity contribution in [3.63, 3.8) is 0 Å². The molecule has 0 unspecified atom stereocenters. The molecule has 0 aliphatic carbocycles. The summed E-state index contributed by atoms with van der Waals surface area (Å²) in [5.41, 5.74) is 0.997. The maximum absolute atomic E-state index is 5.17. The Labute approximate surface area is 83.1 Å². The lowest BCUT2D eigenvalue weighted by atomic mass is 10.3. The van der Waals surface area contributed by atoms with Gasteiger partial charge in [0.15, 0.2) is 0 Å². The second-order valence-electron chi connectivity index (χ2n) is 2.40. The number of ether oxygens (including phenoxy) is 1. The fourth-order valence-electron chi connectivity index (χ4n) is 0.907. The predicted molar refractivity (Wildman–Crippen MR) is 59.3 cm³/mol. The van der Waals surface area contributed by atoms with Gasteiger partial charge in [0.1, 0.15) is 5.75 Å². The molecule has 0 aliphatic rings. The highest BCUT2D eigenvalue weighted by atomic mass is 32.2. The number of para-hydroxylation sites is 2. The fraction of sp³-hybridized carbons (Fsp3) is 0.200. The van der Waals surface area contributed by atoms with Crippen LogP contribution in [-0.4, -0.2) is 12.9 Å². The van der Waals surface area contributed by atoms with Crippen LogP contribution < -0.4 is 9.46 Å². The van der Waals surface area contributed by atoms with Gasteiger partial charge in [-0.3, -0.25) is 0 Å². The van der Waals surface area contributed by atoms with Crippen LogP contribution in [0.1, 0.15) is 0 Å². The highest BCUT2D eigenvalue weighted by Crippen LogP contribution is 2.25. The quantitative estimate of drug-likeness (QED) is 0.443. The van der Waals surface area contributed by atoms with Gasteiger partial charge >= 0.3 is 0 Å². The van der Waals surface area contributed by atoms with Gasteiger partial charge in [0.05, 0.1) is 12.8 Å². The Hall–Kier alpha value is -1.09. The number of methoxy groups -OCH3 is 1. The second-order valence-corrected chi connectivity index (χ2v) is 3.23. The lowest BCUT2D eigenvalue weighted by molar-refractivity contribution is 0.417. The Bertz CT molecular complexity index is 275. The minimum atomic E-state index is 0.860. The molecule has 13 heavy (non-hydrogen) atoms. The van der Waals surface area contributed by atoms with Gasteiger partial charge in [-0.25, -0.2) is 0 Å². The first kappa shape index (κ1) is 9.99. The molecule has 0 spiro atoms. The van der Waals surface area contributed by atoms with Gasteiger partial charge < -0.3 is 9.46 Å². The van der Waals surface area contributed by atoms with E-state index in [4.69, 9.17) is 4.74 Å². The van der Waals surface area contributed by atoms with Gasteiger partial charge in [0.2, 0.25) is 0 Å². The minimum Gasteiger partial charge on any atom is -0.495 e. The number of hydrogen-bond acceptors (Lipinski definition) is 3. The zero-order valence-corrected chi connectivity index (χ0v) is 8.43. The van der Waals surface area contributed by atoms with E-state index in [1.807, 2.05) is 30.3 Å². The maximum atomic E-state index is 5.17. The van der Waals surface area contributed by atoms with Crippen LogP contribution in [-0.2, 0) is 0 Å². The lowest BCUT2D eigenvalue weighted by Crippen LogP contribution is -1.92. The molecule has 1 aromatic carbocycles. The van der Waals surface area contributed by atoms with E-state index in [0.29, 0.717) is 0 Å². The van der Waals surface area contributed by atoms with E-state index in [2.05, 4.69) is 11.3 Å². The van der Waals surface area contributed by atoms with Crippen LogP contribution in [0.4, 0.5) is 5.69 Å². The first-order valence-corrected chi connectivity index (χ1v) is 4.98. The summed E-state index contributed by atoms with van der Waals surface area (Å²) in [4.78, 5) is 0. The molecule has 3 heteroatoms. The van der Waals surface area contributed by atoms with Crippen molar-refractivity contribution < 1.29 is 4.74 Å². The molecule has 0 heterocycles. The summed E-state index contributed by atoms with van der Waals surface area (Å²) in [7, 11) is 1.67. The summed E-state index contributed by atoms with van der Waals surface area (Å²) < 4.78 is 8.36. The third kappa shape index (κ3) is 3.03. The van der Waals surface area contributed by atoms with Crippen LogP contribution in [0.3, 0.4) is 0 Å². The second kappa shape index (κ2) is 5.54. The molecule has 1 rings (SSSR count). The van der Waals surface area contributed by atoms with Crippen molar-refractivity contribution >= 4 is 17.6 Å². The Morgan fingerprint density at radius 2 is 2.31 bits per heavy atom. The minimum absolute atomic E-state index is 0.860. The molecule has 0 amide bonds. The number of nitrogens with one attached hydrogen (secondary N) is 1. The summed E-state index contributed by atoms with van der Waals surface area (Å²) in [5, 5.41) is 0. The number of rotatable bonds is 5. The molecule has 0 atom stereocenters. The molecular weight excluding hydrogens is 182 g/mol. The van der Waals surface area contributed by atoms with Crippen molar-refractivity contribution in [2.75, 3.05) is 17.6 Å². The molecule has 0 aromatic heterocycles. The van der Waals surface area contributed by atoms with Crippen molar-refractivity contribution in [2.45, 2.75) is 0 Å². The average molecular weight is 195 g/mol. The van der Waals surface area contributed by atoms with E-state index in [0.717, 1.165) is 17.2 Å². The van der Waals surface area contributed by atoms with Crippen LogP contribution in [0.25, 0.3) is 0 Å². The molecule has 1 N–H and O–H groups in total. The number of benzene rings is 1. The van der Waals surface area contributed by atoms with Crippen molar-refractivity contribution in [2.24, 2.45) is 0 Å². The molecule has 0 saturated carbocycles. The third-order valence-electron chi connectivity index (χ3n) is 1.49. The normalized spacial score (nSPS) is 9.31. The van der Waals surface area contributed by atoms with E-state index in [9.17, 15) is 0 Å². The van der Waals surface area contributed by atoms with Gasteiger partial charge in [-0.15, -0.1) is 6.58 Å². The monoisotopic (exact) mass is 195 g/mol. The predicted octanol–water partition coefficient (Wildman–Crippen LogP) is 2.94. The van der Waals surface area contributed by atoms with E-state index < -0.39 is 0 Å². The van der Waals surface area contributed by atoms with Gasteiger partial charge in [-0.2, -0.15) is 0 Å².